The number of rotatable bonds is 4. The topological polar surface area (TPSA) is 66.5 Å². The highest BCUT2D eigenvalue weighted by molar-refractivity contribution is 7.89. The lowest BCUT2D eigenvalue weighted by molar-refractivity contribution is 0.102. The summed E-state index contributed by atoms with van der Waals surface area (Å²) in [5.41, 5.74) is 0.762. The lowest BCUT2D eigenvalue weighted by Gasteiger charge is -2.12. The van der Waals surface area contributed by atoms with Gasteiger partial charge in [0, 0.05) is 25.3 Å². The summed E-state index contributed by atoms with van der Waals surface area (Å²) < 4.78 is 37.8. The van der Waals surface area contributed by atoms with Crippen LogP contribution >= 0.6 is 0 Å². The second-order valence-corrected chi connectivity index (χ2v) is 6.92. The van der Waals surface area contributed by atoms with E-state index in [4.69, 9.17) is 0 Å². The van der Waals surface area contributed by atoms with Crippen LogP contribution in [0.4, 0.5) is 10.1 Å². The van der Waals surface area contributed by atoms with E-state index in [9.17, 15) is 17.6 Å². The first-order valence-electron chi connectivity index (χ1n) is 6.40. The number of nitrogens with zero attached hydrogens (tertiary/aromatic N) is 1. The number of carbonyl (C=O) groups excluding carboxylic acids is 1. The van der Waals surface area contributed by atoms with Crippen molar-refractivity contribution in [3.8, 4) is 0 Å². The molecule has 2 aromatic rings. The van der Waals surface area contributed by atoms with Crippen molar-refractivity contribution in [1.29, 1.82) is 0 Å². The van der Waals surface area contributed by atoms with E-state index >= 15 is 0 Å². The minimum Gasteiger partial charge on any atom is -0.322 e. The average Bonchev–Trinajstić information content (AvgIpc) is 2.48. The van der Waals surface area contributed by atoms with Gasteiger partial charge >= 0.3 is 0 Å². The number of sulfonamides is 1. The highest BCUT2D eigenvalue weighted by Gasteiger charge is 2.16. The molecule has 0 aliphatic rings. The first-order chi connectivity index (χ1) is 10.3. The van der Waals surface area contributed by atoms with Crippen molar-refractivity contribution >= 4 is 21.6 Å². The SMILES string of the molecule is CN(C)S(=O)(=O)c1ccc(NC(=O)c2ccc(F)cc2)cc1. The molecule has 2 aromatic carbocycles. The minimum atomic E-state index is -3.50. The predicted molar refractivity (Wildman–Crippen MR) is 81.7 cm³/mol. The van der Waals surface area contributed by atoms with Crippen molar-refractivity contribution in [2.75, 3.05) is 19.4 Å². The molecule has 0 aromatic heterocycles. The van der Waals surface area contributed by atoms with E-state index in [2.05, 4.69) is 5.32 Å². The fourth-order valence-corrected chi connectivity index (χ4v) is 2.63. The van der Waals surface area contributed by atoms with E-state index in [1.165, 1.54) is 62.6 Å². The van der Waals surface area contributed by atoms with Gasteiger partial charge < -0.3 is 5.32 Å². The number of hydrogen-bond donors (Lipinski definition) is 1. The normalized spacial score (nSPS) is 11.5. The average molecular weight is 322 g/mol. The van der Waals surface area contributed by atoms with Crippen LogP contribution in [0.3, 0.4) is 0 Å². The van der Waals surface area contributed by atoms with Gasteiger partial charge in [0.25, 0.3) is 5.91 Å². The number of nitrogens with one attached hydrogen (secondary N) is 1. The van der Waals surface area contributed by atoms with E-state index < -0.39 is 21.7 Å². The van der Waals surface area contributed by atoms with Crippen molar-refractivity contribution in [3.05, 3.63) is 59.9 Å². The fraction of sp³-hybridized carbons (Fsp3) is 0.133. The smallest absolute Gasteiger partial charge is 0.255 e. The zero-order valence-corrected chi connectivity index (χ0v) is 12.9. The van der Waals surface area contributed by atoms with Gasteiger partial charge in [0.05, 0.1) is 4.90 Å². The van der Waals surface area contributed by atoms with E-state index in [1.54, 1.807) is 0 Å². The Bertz CT molecular complexity index is 769. The molecule has 0 bridgehead atoms. The Balaban J connectivity index is 2.15. The number of carbonyl (C=O) groups is 1. The molecule has 0 aliphatic heterocycles. The molecule has 1 N–H and O–H groups in total. The lowest BCUT2D eigenvalue weighted by atomic mass is 10.2. The third-order valence-electron chi connectivity index (χ3n) is 3.00. The van der Waals surface area contributed by atoms with Crippen LogP contribution in [-0.2, 0) is 10.0 Å². The zero-order valence-electron chi connectivity index (χ0n) is 12.1. The van der Waals surface area contributed by atoms with Crippen LogP contribution in [0.2, 0.25) is 0 Å². The molecule has 1 amide bonds. The maximum Gasteiger partial charge on any atom is 0.255 e. The largest absolute Gasteiger partial charge is 0.322 e. The van der Waals surface area contributed by atoms with Gasteiger partial charge in [0.15, 0.2) is 0 Å². The molecule has 0 radical (unpaired) electrons. The standard InChI is InChI=1S/C15H15FN2O3S/c1-18(2)22(20,21)14-9-7-13(8-10-14)17-15(19)11-3-5-12(16)6-4-11/h3-10H,1-2H3,(H,17,19). The Morgan fingerprint density at radius 1 is 1.00 bits per heavy atom. The van der Waals surface area contributed by atoms with Crippen LogP contribution in [0, 0.1) is 5.82 Å². The Hall–Kier alpha value is -2.25. The Kier molecular flexibility index (Phi) is 4.58. The molecule has 22 heavy (non-hydrogen) atoms. The molecule has 116 valence electrons. The molecule has 0 heterocycles. The number of anilines is 1. The first kappa shape index (κ1) is 16.1. The Morgan fingerprint density at radius 2 is 1.55 bits per heavy atom. The summed E-state index contributed by atoms with van der Waals surface area (Å²) in [6.45, 7) is 0. The number of halogens is 1. The lowest BCUT2D eigenvalue weighted by Crippen LogP contribution is -2.22. The van der Waals surface area contributed by atoms with Crippen molar-refractivity contribution < 1.29 is 17.6 Å². The summed E-state index contributed by atoms with van der Waals surface area (Å²) in [5.74, 6) is -0.821. The van der Waals surface area contributed by atoms with Crippen molar-refractivity contribution in [2.45, 2.75) is 4.90 Å². The molecule has 0 spiro atoms. The van der Waals surface area contributed by atoms with Crippen molar-refractivity contribution in [2.24, 2.45) is 0 Å². The molecule has 0 fully saturated rings. The highest BCUT2D eigenvalue weighted by atomic mass is 32.2. The summed E-state index contributed by atoms with van der Waals surface area (Å²) in [5, 5.41) is 2.62. The second-order valence-electron chi connectivity index (χ2n) is 4.77. The number of amides is 1. The van der Waals surface area contributed by atoms with Gasteiger partial charge in [-0.1, -0.05) is 0 Å². The molecule has 0 aliphatic carbocycles. The van der Waals surface area contributed by atoms with Gasteiger partial charge in [0.2, 0.25) is 10.0 Å². The number of benzene rings is 2. The maximum atomic E-state index is 12.8. The van der Waals surface area contributed by atoms with Crippen LogP contribution in [0.25, 0.3) is 0 Å². The van der Waals surface area contributed by atoms with Gasteiger partial charge in [-0.25, -0.2) is 17.1 Å². The summed E-state index contributed by atoms with van der Waals surface area (Å²) in [6.07, 6.45) is 0. The fourth-order valence-electron chi connectivity index (χ4n) is 1.73. The third-order valence-corrected chi connectivity index (χ3v) is 4.83. The molecule has 0 unspecified atom stereocenters. The van der Waals surface area contributed by atoms with Crippen LogP contribution in [0.5, 0.6) is 0 Å². The van der Waals surface area contributed by atoms with Gasteiger partial charge in [-0.2, -0.15) is 0 Å². The molecule has 0 saturated heterocycles. The molecule has 7 heteroatoms. The van der Waals surface area contributed by atoms with Gasteiger partial charge in [-0.15, -0.1) is 0 Å². The molecule has 5 nitrogen and oxygen atoms in total. The number of hydrogen-bond acceptors (Lipinski definition) is 3. The molecule has 0 saturated carbocycles. The Labute approximate surface area is 128 Å². The first-order valence-corrected chi connectivity index (χ1v) is 7.84. The maximum absolute atomic E-state index is 12.8. The monoisotopic (exact) mass is 322 g/mol. The van der Waals surface area contributed by atoms with Crippen LogP contribution in [-0.4, -0.2) is 32.7 Å². The van der Waals surface area contributed by atoms with Crippen LogP contribution in [0.1, 0.15) is 10.4 Å². The quantitative estimate of drug-likeness (QED) is 0.939. The Morgan fingerprint density at radius 3 is 2.05 bits per heavy atom. The second kappa shape index (κ2) is 6.25. The molecule has 0 atom stereocenters. The van der Waals surface area contributed by atoms with Gasteiger partial charge in [-0.05, 0) is 48.5 Å². The van der Waals surface area contributed by atoms with Crippen molar-refractivity contribution in [3.63, 3.8) is 0 Å². The third kappa shape index (κ3) is 3.49. The van der Waals surface area contributed by atoms with Gasteiger partial charge in [-0.3, -0.25) is 4.79 Å². The molecular formula is C15H15FN2O3S. The predicted octanol–water partition coefficient (Wildman–Crippen LogP) is 2.33. The molecule has 2 rings (SSSR count). The summed E-state index contributed by atoms with van der Waals surface area (Å²) in [6, 6.07) is 11.0. The summed E-state index contributed by atoms with van der Waals surface area (Å²) in [7, 11) is -0.612. The van der Waals surface area contributed by atoms with Gasteiger partial charge in [0.1, 0.15) is 5.82 Å². The van der Waals surface area contributed by atoms with E-state index in [0.717, 1.165) is 4.31 Å². The summed E-state index contributed by atoms with van der Waals surface area (Å²) in [4.78, 5) is 12.1. The molecular weight excluding hydrogens is 307 g/mol. The summed E-state index contributed by atoms with van der Waals surface area (Å²) >= 11 is 0. The van der Waals surface area contributed by atoms with Crippen LogP contribution < -0.4 is 5.32 Å². The van der Waals surface area contributed by atoms with E-state index in [1.807, 2.05) is 0 Å². The van der Waals surface area contributed by atoms with E-state index in [0.29, 0.717) is 11.3 Å². The minimum absolute atomic E-state index is 0.136. The van der Waals surface area contributed by atoms with E-state index in [-0.39, 0.29) is 4.90 Å². The highest BCUT2D eigenvalue weighted by Crippen LogP contribution is 2.17. The van der Waals surface area contributed by atoms with Crippen LogP contribution in [0.15, 0.2) is 53.4 Å². The zero-order chi connectivity index (χ0) is 16.3. The van der Waals surface area contributed by atoms with Crippen molar-refractivity contribution in [1.82, 2.24) is 4.31 Å².